The molecule has 5 nitrogen and oxygen atoms in total. The van der Waals surface area contributed by atoms with Crippen LogP contribution in [-0.2, 0) is 17.8 Å². The van der Waals surface area contributed by atoms with Crippen molar-refractivity contribution in [3.63, 3.8) is 0 Å². The van der Waals surface area contributed by atoms with Crippen LogP contribution >= 0.6 is 11.6 Å². The van der Waals surface area contributed by atoms with E-state index in [2.05, 4.69) is 4.98 Å². The minimum absolute atomic E-state index is 0.0276. The maximum atomic E-state index is 13.3. The van der Waals surface area contributed by atoms with Gasteiger partial charge in [0.15, 0.2) is 0 Å². The van der Waals surface area contributed by atoms with E-state index in [0.29, 0.717) is 36.8 Å². The monoisotopic (exact) mass is 415 g/mol. The highest BCUT2D eigenvalue weighted by atomic mass is 35.5. The Hall–Kier alpha value is -2.44. The summed E-state index contributed by atoms with van der Waals surface area (Å²) in [6.07, 6.45) is 3.98. The molecule has 29 heavy (non-hydrogen) atoms. The third-order valence-electron chi connectivity index (χ3n) is 5.30. The van der Waals surface area contributed by atoms with E-state index in [1.54, 1.807) is 22.7 Å². The topological polar surface area (TPSA) is 46.8 Å². The Kier molecular flexibility index (Phi) is 5.83. The number of amides is 1. The molecule has 2 aromatic heterocycles. The number of piperidine rings is 1. The molecule has 1 amide bonds. The molecule has 152 valence electrons. The molecule has 3 heterocycles. The number of pyridine rings is 1. The predicted octanol–water partition coefficient (Wildman–Crippen LogP) is 4.51. The van der Waals surface area contributed by atoms with Gasteiger partial charge in [-0.2, -0.15) is 0 Å². The van der Waals surface area contributed by atoms with Crippen LogP contribution in [0, 0.1) is 5.82 Å². The number of ether oxygens (including phenoxy) is 1. The molecule has 0 spiro atoms. The fourth-order valence-corrected chi connectivity index (χ4v) is 3.92. The molecule has 1 aliphatic heterocycles. The van der Waals surface area contributed by atoms with Gasteiger partial charge in [0.05, 0.1) is 23.4 Å². The molecule has 0 saturated carbocycles. The lowest BCUT2D eigenvalue weighted by Crippen LogP contribution is -2.41. The number of hydrogen-bond donors (Lipinski definition) is 0. The average molecular weight is 416 g/mol. The molecule has 4 rings (SSSR count). The smallest absolute Gasteiger partial charge is 0.272 e. The molecule has 0 aliphatic carbocycles. The lowest BCUT2D eigenvalue weighted by atomic mass is 10.1. The Morgan fingerprint density at radius 1 is 1.28 bits per heavy atom. The lowest BCUT2D eigenvalue weighted by molar-refractivity contribution is -0.000635. The van der Waals surface area contributed by atoms with Gasteiger partial charge in [0.2, 0.25) is 0 Å². The van der Waals surface area contributed by atoms with Crippen LogP contribution in [0.3, 0.4) is 0 Å². The normalized spacial score (nSPS) is 15.2. The van der Waals surface area contributed by atoms with Gasteiger partial charge in [-0.3, -0.25) is 9.20 Å². The summed E-state index contributed by atoms with van der Waals surface area (Å²) in [7, 11) is 0. The number of nitrogens with zero attached hydrogens (tertiary/aromatic N) is 3. The van der Waals surface area contributed by atoms with Crippen molar-refractivity contribution in [1.82, 2.24) is 14.3 Å². The number of halogens is 2. The molecule has 1 saturated heterocycles. The quantitative estimate of drug-likeness (QED) is 0.616. The molecular formula is C22H23ClFN3O2. The summed E-state index contributed by atoms with van der Waals surface area (Å²) in [6, 6.07) is 10.0. The number of likely N-dealkylation sites (tertiary alicyclic amines) is 1. The maximum Gasteiger partial charge on any atom is 0.272 e. The zero-order valence-electron chi connectivity index (χ0n) is 16.3. The maximum absolute atomic E-state index is 13.3. The highest BCUT2D eigenvalue weighted by Crippen LogP contribution is 2.22. The summed E-state index contributed by atoms with van der Waals surface area (Å²) < 4.78 is 21.0. The summed E-state index contributed by atoms with van der Waals surface area (Å²) in [4.78, 5) is 19.7. The largest absolute Gasteiger partial charge is 0.373 e. The van der Waals surface area contributed by atoms with Crippen molar-refractivity contribution in [2.45, 2.75) is 38.9 Å². The second kappa shape index (κ2) is 8.51. The number of hydrogen-bond acceptors (Lipinski definition) is 3. The van der Waals surface area contributed by atoms with Crippen LogP contribution in [0.5, 0.6) is 0 Å². The summed E-state index contributed by atoms with van der Waals surface area (Å²) >= 11 is 6.13. The number of fused-ring (bicyclic) bond motifs is 1. The van der Waals surface area contributed by atoms with Crippen molar-refractivity contribution in [3.05, 3.63) is 70.4 Å². The molecular weight excluding hydrogens is 393 g/mol. The van der Waals surface area contributed by atoms with Crippen molar-refractivity contribution in [2.75, 3.05) is 13.1 Å². The summed E-state index contributed by atoms with van der Waals surface area (Å²) in [5.41, 5.74) is 2.91. The first-order chi connectivity index (χ1) is 14.0. The van der Waals surface area contributed by atoms with E-state index in [0.717, 1.165) is 29.7 Å². The number of aromatic nitrogens is 2. The van der Waals surface area contributed by atoms with E-state index in [1.165, 1.54) is 12.1 Å². The van der Waals surface area contributed by atoms with Gasteiger partial charge < -0.3 is 9.64 Å². The standard InChI is InChI=1S/C22H23ClFN3O2/c1-2-19-21(27-13-16(23)6-7-20(27)25-19)22(28)26-10-8-18(9-11-26)29-14-15-4-3-5-17(24)12-15/h3-7,12-13,18H,2,8-11,14H2,1H3. The predicted molar refractivity (Wildman–Crippen MR) is 110 cm³/mol. The second-order valence-electron chi connectivity index (χ2n) is 7.27. The van der Waals surface area contributed by atoms with E-state index in [9.17, 15) is 9.18 Å². The first-order valence-electron chi connectivity index (χ1n) is 9.87. The number of imidazole rings is 1. The van der Waals surface area contributed by atoms with Gasteiger partial charge in [-0.25, -0.2) is 9.37 Å². The average Bonchev–Trinajstić information content (AvgIpc) is 3.10. The van der Waals surface area contributed by atoms with E-state index in [4.69, 9.17) is 16.3 Å². The van der Waals surface area contributed by atoms with Gasteiger partial charge >= 0.3 is 0 Å². The molecule has 0 radical (unpaired) electrons. The van der Waals surface area contributed by atoms with Crippen molar-refractivity contribution >= 4 is 23.2 Å². The van der Waals surface area contributed by atoms with Crippen LogP contribution in [0.4, 0.5) is 4.39 Å². The van der Waals surface area contributed by atoms with Crippen LogP contribution in [0.25, 0.3) is 5.65 Å². The molecule has 7 heteroatoms. The SMILES string of the molecule is CCc1nc2ccc(Cl)cn2c1C(=O)N1CCC(OCc2cccc(F)c2)CC1. The first-order valence-corrected chi connectivity index (χ1v) is 10.2. The lowest BCUT2D eigenvalue weighted by Gasteiger charge is -2.32. The van der Waals surface area contributed by atoms with Crippen LogP contribution < -0.4 is 0 Å². The molecule has 1 aromatic carbocycles. The van der Waals surface area contributed by atoms with Gasteiger partial charge in [0.1, 0.15) is 17.2 Å². The molecule has 1 fully saturated rings. The van der Waals surface area contributed by atoms with Gasteiger partial charge in [0, 0.05) is 19.3 Å². The summed E-state index contributed by atoms with van der Waals surface area (Å²) in [5, 5.41) is 0.566. The number of benzene rings is 1. The van der Waals surface area contributed by atoms with Crippen molar-refractivity contribution in [3.8, 4) is 0 Å². The van der Waals surface area contributed by atoms with E-state index in [-0.39, 0.29) is 17.8 Å². The highest BCUT2D eigenvalue weighted by Gasteiger charge is 2.28. The number of carbonyl (C=O) groups excluding carboxylic acids is 1. The third-order valence-corrected chi connectivity index (χ3v) is 5.52. The highest BCUT2D eigenvalue weighted by molar-refractivity contribution is 6.30. The molecule has 0 bridgehead atoms. The first kappa shape index (κ1) is 19.9. The Morgan fingerprint density at radius 2 is 2.07 bits per heavy atom. The number of rotatable bonds is 5. The van der Waals surface area contributed by atoms with Crippen LogP contribution in [0.15, 0.2) is 42.6 Å². The number of aryl methyl sites for hydroxylation is 1. The Labute approximate surface area is 174 Å². The van der Waals surface area contributed by atoms with Gasteiger partial charge in [-0.15, -0.1) is 0 Å². The Morgan fingerprint density at radius 3 is 2.79 bits per heavy atom. The van der Waals surface area contributed by atoms with Crippen LogP contribution in [-0.4, -0.2) is 39.4 Å². The third kappa shape index (κ3) is 4.28. The summed E-state index contributed by atoms with van der Waals surface area (Å²) in [6.45, 7) is 3.60. The van der Waals surface area contributed by atoms with E-state index >= 15 is 0 Å². The van der Waals surface area contributed by atoms with E-state index < -0.39 is 0 Å². The van der Waals surface area contributed by atoms with Crippen molar-refractivity contribution in [1.29, 1.82) is 0 Å². The van der Waals surface area contributed by atoms with Crippen LogP contribution in [0.1, 0.15) is 41.5 Å². The zero-order valence-corrected chi connectivity index (χ0v) is 17.0. The molecule has 0 atom stereocenters. The van der Waals surface area contributed by atoms with Crippen molar-refractivity contribution < 1.29 is 13.9 Å². The molecule has 0 unspecified atom stereocenters. The minimum Gasteiger partial charge on any atom is -0.373 e. The fraction of sp³-hybridized carbons (Fsp3) is 0.364. The zero-order chi connectivity index (χ0) is 20.4. The van der Waals surface area contributed by atoms with Crippen LogP contribution in [0.2, 0.25) is 5.02 Å². The van der Waals surface area contributed by atoms with Gasteiger partial charge in [-0.1, -0.05) is 30.7 Å². The van der Waals surface area contributed by atoms with Crippen molar-refractivity contribution in [2.24, 2.45) is 0 Å². The second-order valence-corrected chi connectivity index (χ2v) is 7.71. The van der Waals surface area contributed by atoms with E-state index in [1.807, 2.05) is 24.0 Å². The van der Waals surface area contributed by atoms with Gasteiger partial charge in [-0.05, 0) is 49.1 Å². The summed E-state index contributed by atoms with van der Waals surface area (Å²) in [5.74, 6) is -0.286. The molecule has 0 N–H and O–H groups in total. The minimum atomic E-state index is -0.258. The fourth-order valence-electron chi connectivity index (χ4n) is 3.76. The molecule has 1 aliphatic rings. The Balaban J connectivity index is 1.42. The number of carbonyl (C=O) groups is 1. The van der Waals surface area contributed by atoms with Gasteiger partial charge in [0.25, 0.3) is 5.91 Å². The Bertz CT molecular complexity index is 1030. The molecule has 3 aromatic rings.